The highest BCUT2D eigenvalue weighted by Crippen LogP contribution is 2.35. The van der Waals surface area contributed by atoms with E-state index in [9.17, 15) is 4.79 Å². The van der Waals surface area contributed by atoms with Gasteiger partial charge in [0.25, 0.3) is 0 Å². The number of hydrogen-bond acceptors (Lipinski definition) is 4. The summed E-state index contributed by atoms with van der Waals surface area (Å²) in [6.45, 7) is 7.66. The first-order chi connectivity index (χ1) is 12.7. The van der Waals surface area contributed by atoms with Gasteiger partial charge in [-0.25, -0.2) is 0 Å². The van der Waals surface area contributed by atoms with Gasteiger partial charge in [0, 0.05) is 37.0 Å². The molecule has 0 unspecified atom stereocenters. The number of nitrogens with zero attached hydrogens (tertiary/aromatic N) is 1. The molecular weight excluding hydrogens is 344 g/mol. The molecule has 4 nitrogen and oxygen atoms in total. The quantitative estimate of drug-likeness (QED) is 0.557. The summed E-state index contributed by atoms with van der Waals surface area (Å²) < 4.78 is 5.56. The Labute approximate surface area is 162 Å². The van der Waals surface area contributed by atoms with E-state index in [1.807, 2.05) is 11.8 Å². The minimum absolute atomic E-state index is 0.0167. The van der Waals surface area contributed by atoms with Crippen molar-refractivity contribution in [2.45, 2.75) is 49.3 Å². The second-order valence-electron chi connectivity index (χ2n) is 7.58. The number of benzene rings is 1. The molecule has 0 bridgehead atoms. The second kappa shape index (κ2) is 9.77. The van der Waals surface area contributed by atoms with Crippen molar-refractivity contribution in [3.05, 3.63) is 29.8 Å². The van der Waals surface area contributed by atoms with Crippen molar-refractivity contribution >= 4 is 17.7 Å². The summed E-state index contributed by atoms with van der Waals surface area (Å²) in [7, 11) is 0. The lowest BCUT2D eigenvalue weighted by molar-refractivity contribution is -0.119. The third-order valence-corrected chi connectivity index (χ3v) is 6.78. The number of hydrogen-bond donors (Lipinski definition) is 1. The molecule has 0 radical (unpaired) electrons. The van der Waals surface area contributed by atoms with Crippen LogP contribution in [0.4, 0.5) is 0 Å². The van der Waals surface area contributed by atoms with Gasteiger partial charge in [0.15, 0.2) is 0 Å². The van der Waals surface area contributed by atoms with Crippen molar-refractivity contribution in [2.24, 2.45) is 0 Å². The van der Waals surface area contributed by atoms with Crippen molar-refractivity contribution in [2.75, 3.05) is 45.1 Å². The van der Waals surface area contributed by atoms with Crippen LogP contribution in [0.3, 0.4) is 0 Å². The Balaban J connectivity index is 1.53. The molecule has 5 heteroatoms. The van der Waals surface area contributed by atoms with E-state index in [4.69, 9.17) is 4.74 Å². The molecule has 3 rings (SSSR count). The molecule has 0 aliphatic carbocycles. The van der Waals surface area contributed by atoms with Crippen LogP contribution >= 0.6 is 11.8 Å². The van der Waals surface area contributed by atoms with Gasteiger partial charge in [0.1, 0.15) is 0 Å². The highest BCUT2D eigenvalue weighted by Gasteiger charge is 2.34. The lowest BCUT2D eigenvalue weighted by Crippen LogP contribution is -2.44. The maximum absolute atomic E-state index is 11.4. The maximum atomic E-state index is 11.4. The summed E-state index contributed by atoms with van der Waals surface area (Å²) in [5, 5.41) is 3.03. The molecule has 2 aliphatic heterocycles. The van der Waals surface area contributed by atoms with Crippen LogP contribution in [0.5, 0.6) is 0 Å². The monoisotopic (exact) mass is 376 g/mol. The molecule has 1 amide bonds. The molecule has 2 aliphatic rings. The van der Waals surface area contributed by atoms with Gasteiger partial charge in [-0.3, -0.25) is 4.79 Å². The number of carbonyl (C=O) groups excluding carboxylic acids is 1. The highest BCUT2D eigenvalue weighted by molar-refractivity contribution is 7.99. The molecule has 0 aromatic heterocycles. The molecule has 2 heterocycles. The van der Waals surface area contributed by atoms with E-state index in [0.717, 1.165) is 26.1 Å². The van der Waals surface area contributed by atoms with Gasteiger partial charge in [0.05, 0.1) is 0 Å². The highest BCUT2D eigenvalue weighted by atomic mass is 32.2. The second-order valence-corrected chi connectivity index (χ2v) is 8.75. The molecule has 0 saturated carbocycles. The van der Waals surface area contributed by atoms with Gasteiger partial charge in [0.2, 0.25) is 5.91 Å². The van der Waals surface area contributed by atoms with E-state index in [1.165, 1.54) is 55.1 Å². The zero-order chi connectivity index (χ0) is 18.2. The number of amides is 1. The summed E-state index contributed by atoms with van der Waals surface area (Å²) in [6, 6.07) is 9.02. The Bertz CT molecular complexity index is 564. The summed E-state index contributed by atoms with van der Waals surface area (Å²) in [5.41, 5.74) is 1.35. The predicted molar refractivity (Wildman–Crippen MR) is 108 cm³/mol. The minimum Gasteiger partial charge on any atom is -0.381 e. The number of likely N-dealkylation sites (tertiary alicyclic amines) is 1. The number of ether oxygens (including phenoxy) is 1. The molecule has 1 N–H and O–H groups in total. The molecular formula is C21H32N2O2S. The lowest BCUT2D eigenvalue weighted by Gasteiger charge is -2.38. The Morgan fingerprint density at radius 3 is 2.54 bits per heavy atom. The van der Waals surface area contributed by atoms with Gasteiger partial charge in [-0.2, -0.15) is 0 Å². The van der Waals surface area contributed by atoms with Crippen molar-refractivity contribution in [1.82, 2.24) is 10.2 Å². The molecule has 2 saturated heterocycles. The van der Waals surface area contributed by atoms with Gasteiger partial charge in [-0.1, -0.05) is 12.1 Å². The molecule has 0 spiro atoms. The predicted octanol–water partition coefficient (Wildman–Crippen LogP) is 3.45. The molecule has 1 aromatic rings. The number of rotatable bonds is 8. The smallest absolute Gasteiger partial charge is 0.216 e. The molecule has 2 fully saturated rings. The van der Waals surface area contributed by atoms with E-state index >= 15 is 0 Å². The lowest BCUT2D eigenvalue weighted by atomic mass is 9.74. The van der Waals surface area contributed by atoms with Gasteiger partial charge in [-0.05, 0) is 75.2 Å². The fourth-order valence-electron chi connectivity index (χ4n) is 4.01. The van der Waals surface area contributed by atoms with E-state index in [2.05, 4.69) is 34.5 Å². The Kier molecular flexibility index (Phi) is 7.41. The molecule has 1 aromatic carbocycles. The average Bonchev–Trinajstić information content (AvgIpc) is 3.18. The van der Waals surface area contributed by atoms with Crippen LogP contribution in [-0.4, -0.2) is 56.0 Å². The summed E-state index contributed by atoms with van der Waals surface area (Å²) in [4.78, 5) is 15.3. The Morgan fingerprint density at radius 1 is 1.19 bits per heavy atom. The van der Waals surface area contributed by atoms with Crippen LogP contribution in [0.25, 0.3) is 0 Å². The minimum atomic E-state index is 0.0167. The van der Waals surface area contributed by atoms with E-state index in [0.29, 0.717) is 6.54 Å². The summed E-state index contributed by atoms with van der Waals surface area (Å²) in [5.74, 6) is 1.22. The fourth-order valence-corrected chi connectivity index (χ4v) is 4.85. The summed E-state index contributed by atoms with van der Waals surface area (Å²) >= 11 is 1.96. The molecule has 26 heavy (non-hydrogen) atoms. The first-order valence-corrected chi connectivity index (χ1v) is 10.9. The zero-order valence-electron chi connectivity index (χ0n) is 16.0. The van der Waals surface area contributed by atoms with Crippen LogP contribution < -0.4 is 5.32 Å². The first-order valence-electron chi connectivity index (χ1n) is 9.96. The largest absolute Gasteiger partial charge is 0.381 e. The Morgan fingerprint density at radius 2 is 1.88 bits per heavy atom. The summed E-state index contributed by atoms with van der Waals surface area (Å²) in [6.07, 6.45) is 5.95. The van der Waals surface area contributed by atoms with Crippen LogP contribution in [0.15, 0.2) is 29.2 Å². The van der Waals surface area contributed by atoms with Gasteiger partial charge < -0.3 is 15.0 Å². The van der Waals surface area contributed by atoms with Crippen LogP contribution in [0.2, 0.25) is 0 Å². The van der Waals surface area contributed by atoms with Crippen LogP contribution in [0.1, 0.15) is 44.6 Å². The van der Waals surface area contributed by atoms with Crippen molar-refractivity contribution in [3.63, 3.8) is 0 Å². The zero-order valence-corrected chi connectivity index (χ0v) is 16.8. The van der Waals surface area contributed by atoms with E-state index in [1.54, 1.807) is 6.92 Å². The third kappa shape index (κ3) is 5.48. The van der Waals surface area contributed by atoms with Crippen molar-refractivity contribution < 1.29 is 9.53 Å². The fraction of sp³-hybridized carbons (Fsp3) is 0.667. The normalized spacial score (nSPS) is 20.2. The Hall–Kier alpha value is -1.04. The van der Waals surface area contributed by atoms with Gasteiger partial charge >= 0.3 is 0 Å². The van der Waals surface area contributed by atoms with Crippen molar-refractivity contribution in [1.29, 1.82) is 0 Å². The van der Waals surface area contributed by atoms with Crippen molar-refractivity contribution in [3.8, 4) is 0 Å². The SMILES string of the molecule is CC(=O)NCC1(c2ccc(SCCCN3CCCC3)cc2)CCOCC1. The first kappa shape index (κ1) is 19.7. The topological polar surface area (TPSA) is 41.6 Å². The molecule has 0 atom stereocenters. The van der Waals surface area contributed by atoms with Crippen LogP contribution in [-0.2, 0) is 14.9 Å². The van der Waals surface area contributed by atoms with Crippen LogP contribution in [0, 0.1) is 0 Å². The standard InChI is InChI=1S/C21H32N2O2S/c1-18(24)22-17-21(9-14-25-15-10-21)19-5-7-20(8-6-19)26-16-4-13-23-11-2-3-12-23/h5-8H,2-4,9-17H2,1H3,(H,22,24). The number of nitrogens with one attached hydrogen (secondary N) is 1. The maximum Gasteiger partial charge on any atom is 0.216 e. The number of carbonyl (C=O) groups is 1. The average molecular weight is 377 g/mol. The van der Waals surface area contributed by atoms with E-state index in [-0.39, 0.29) is 11.3 Å². The van der Waals surface area contributed by atoms with Gasteiger partial charge in [-0.15, -0.1) is 11.8 Å². The third-order valence-electron chi connectivity index (χ3n) is 5.68. The number of thioether (sulfide) groups is 1. The molecule has 144 valence electrons. The van der Waals surface area contributed by atoms with E-state index < -0.39 is 0 Å².